The van der Waals surface area contributed by atoms with E-state index in [1.807, 2.05) is 0 Å². The molecule has 0 saturated carbocycles. The van der Waals surface area contributed by atoms with E-state index in [1.165, 1.54) is 0 Å². The molecule has 0 fully saturated rings. The van der Waals surface area contributed by atoms with Crippen molar-refractivity contribution in [2.24, 2.45) is 0 Å². The van der Waals surface area contributed by atoms with Crippen molar-refractivity contribution in [3.05, 3.63) is 0 Å². The molecule has 0 radical (unpaired) electrons. The largest absolute Gasteiger partial charge is 1.00 e. The first-order valence-corrected chi connectivity index (χ1v) is 2.56. The number of carboxylic acid groups (broad SMARTS) is 2. The summed E-state index contributed by atoms with van der Waals surface area (Å²) in [4.78, 5) is 19.6. The Kier molecular flexibility index (Phi) is 16.6. The molecule has 0 heterocycles. The van der Waals surface area contributed by atoms with Gasteiger partial charge >= 0.3 is 41.5 Å². The molecule has 0 spiro atoms. The molecule has 11 heavy (non-hydrogen) atoms. The molecule has 0 aliphatic carbocycles. The van der Waals surface area contributed by atoms with Gasteiger partial charge in [-0.15, -0.1) is 0 Å². The van der Waals surface area contributed by atoms with Gasteiger partial charge in [-0.05, 0) is 6.42 Å². The zero-order valence-electron chi connectivity index (χ0n) is 6.21. The monoisotopic (exact) mass is 234 g/mol. The van der Waals surface area contributed by atoms with Crippen molar-refractivity contribution >= 4 is 11.9 Å². The average molecular weight is 235 g/mol. The third-order valence-electron chi connectivity index (χ3n) is 0.781. The van der Waals surface area contributed by atoms with E-state index in [9.17, 15) is 9.59 Å². The van der Waals surface area contributed by atoms with E-state index in [2.05, 4.69) is 0 Å². The molecule has 0 unspecified atom stereocenters. The Morgan fingerprint density at radius 2 is 1.27 bits per heavy atom. The summed E-state index contributed by atoms with van der Waals surface area (Å²) < 4.78 is 0. The van der Waals surface area contributed by atoms with E-state index in [-0.39, 0.29) is 65.8 Å². The predicted molar refractivity (Wildman–Crippen MR) is 29.1 cm³/mol. The van der Waals surface area contributed by atoms with E-state index < -0.39 is 11.9 Å². The molecule has 0 aromatic carbocycles. The van der Waals surface area contributed by atoms with Gasteiger partial charge in [0.25, 0.3) is 0 Å². The Morgan fingerprint density at radius 1 is 1.00 bits per heavy atom. The minimum atomic E-state index is -0.948. The van der Waals surface area contributed by atoms with Crippen LogP contribution >= 0.6 is 0 Å². The van der Waals surface area contributed by atoms with Gasteiger partial charge in [0.15, 0.2) is 0 Å². The number of aliphatic carboxylic acids is 2. The molecule has 0 saturated heterocycles. The van der Waals surface area contributed by atoms with Gasteiger partial charge in [-0.3, -0.25) is 9.59 Å². The maximum atomic E-state index is 9.79. The summed E-state index contributed by atoms with van der Waals surface area (Å²) in [5.74, 6) is -1.90. The molecule has 4 nitrogen and oxygen atoms in total. The first kappa shape index (κ1) is 17.5. The topological polar surface area (TPSA) is 74.6 Å². The molecule has 6 heteroatoms. The van der Waals surface area contributed by atoms with E-state index in [4.69, 9.17) is 10.2 Å². The minimum Gasteiger partial charge on any atom is -1.00 e. The van der Waals surface area contributed by atoms with Crippen molar-refractivity contribution < 1.29 is 66.3 Å². The van der Waals surface area contributed by atoms with E-state index in [0.717, 1.165) is 0 Å². The second kappa shape index (κ2) is 10.4. The number of halogens is 1. The number of rotatable bonds is 4. The van der Waals surface area contributed by atoms with Crippen molar-refractivity contribution in [3.8, 4) is 0 Å². The SMILES string of the molecule is O=C(O)CCCC(=O)O.[Br-].[Na+]. The minimum absolute atomic E-state index is 0. The summed E-state index contributed by atoms with van der Waals surface area (Å²) in [7, 11) is 0. The second-order valence-corrected chi connectivity index (χ2v) is 1.64. The Labute approximate surface area is 97.0 Å². The van der Waals surface area contributed by atoms with Gasteiger partial charge in [-0.1, -0.05) is 0 Å². The van der Waals surface area contributed by atoms with Crippen LogP contribution in [0.2, 0.25) is 0 Å². The second-order valence-electron chi connectivity index (χ2n) is 1.64. The number of carbonyl (C=O) groups is 2. The van der Waals surface area contributed by atoms with Crippen molar-refractivity contribution in [3.63, 3.8) is 0 Å². The third-order valence-corrected chi connectivity index (χ3v) is 0.781. The summed E-state index contributed by atoms with van der Waals surface area (Å²) in [5.41, 5.74) is 0. The summed E-state index contributed by atoms with van der Waals surface area (Å²) in [6, 6.07) is 0. The van der Waals surface area contributed by atoms with Gasteiger partial charge in [0.2, 0.25) is 0 Å². The fourth-order valence-corrected chi connectivity index (χ4v) is 0.391. The van der Waals surface area contributed by atoms with Crippen LogP contribution in [-0.2, 0) is 9.59 Å². The van der Waals surface area contributed by atoms with E-state index in [0.29, 0.717) is 0 Å². The molecule has 0 aliphatic heterocycles. The molecule has 2 N–H and O–H groups in total. The smallest absolute Gasteiger partial charge is 1.00 e. The molecule has 0 aliphatic rings. The van der Waals surface area contributed by atoms with Crippen LogP contribution in [-0.4, -0.2) is 22.2 Å². The summed E-state index contributed by atoms with van der Waals surface area (Å²) >= 11 is 0. The van der Waals surface area contributed by atoms with Crippen molar-refractivity contribution in [2.75, 3.05) is 0 Å². The fourth-order valence-electron chi connectivity index (χ4n) is 0.391. The van der Waals surface area contributed by atoms with Gasteiger partial charge < -0.3 is 27.2 Å². The molecule has 0 atom stereocenters. The van der Waals surface area contributed by atoms with Gasteiger partial charge in [0.05, 0.1) is 0 Å². The summed E-state index contributed by atoms with van der Waals surface area (Å²) in [5, 5.41) is 16.1. The van der Waals surface area contributed by atoms with Gasteiger partial charge in [-0.25, -0.2) is 0 Å². The van der Waals surface area contributed by atoms with E-state index >= 15 is 0 Å². The Bertz CT molecular complexity index is 114. The van der Waals surface area contributed by atoms with E-state index in [1.54, 1.807) is 0 Å². The zero-order chi connectivity index (χ0) is 7.28. The van der Waals surface area contributed by atoms with Crippen LogP contribution in [0, 0.1) is 0 Å². The predicted octanol–water partition coefficient (Wildman–Crippen LogP) is -5.67. The molecule has 0 aromatic heterocycles. The third kappa shape index (κ3) is 17.9. The quantitative estimate of drug-likeness (QED) is 0.476. The first-order valence-electron chi connectivity index (χ1n) is 2.56. The summed E-state index contributed by atoms with van der Waals surface area (Å²) in [6.45, 7) is 0. The number of hydrogen-bond donors (Lipinski definition) is 2. The van der Waals surface area contributed by atoms with Gasteiger partial charge in [-0.2, -0.15) is 0 Å². The van der Waals surface area contributed by atoms with Crippen molar-refractivity contribution in [1.29, 1.82) is 0 Å². The standard InChI is InChI=1S/C5H8O4.BrH.Na/c6-4(7)2-1-3-5(8)9;;/h1-3H2,(H,6,7)(H,8,9);1H;/q;;+1/p-1. The zero-order valence-corrected chi connectivity index (χ0v) is 9.80. The average Bonchev–Trinajstić information content (AvgIpc) is 1.63. The Balaban J connectivity index is -0.000000320. The van der Waals surface area contributed by atoms with Crippen LogP contribution in [0.4, 0.5) is 0 Å². The molecule has 0 bridgehead atoms. The number of hydrogen-bond acceptors (Lipinski definition) is 2. The first-order chi connectivity index (χ1) is 4.13. The normalized spacial score (nSPS) is 7.27. The van der Waals surface area contributed by atoms with Gasteiger partial charge in [0.1, 0.15) is 0 Å². The molecular weight excluding hydrogens is 227 g/mol. The molecule has 0 aromatic rings. The molecule has 0 rings (SSSR count). The fraction of sp³-hybridized carbons (Fsp3) is 0.600. The maximum Gasteiger partial charge on any atom is 1.00 e. The van der Waals surface area contributed by atoms with Crippen LogP contribution in [0.15, 0.2) is 0 Å². The van der Waals surface area contributed by atoms with Crippen LogP contribution < -0.4 is 46.5 Å². The van der Waals surface area contributed by atoms with Crippen LogP contribution in [0.5, 0.6) is 0 Å². The molecule has 0 amide bonds. The molecular formula is C5H8BrNaO4. The van der Waals surface area contributed by atoms with Crippen LogP contribution in [0.3, 0.4) is 0 Å². The summed E-state index contributed by atoms with van der Waals surface area (Å²) in [6.07, 6.45) is 0.0866. The molecule has 60 valence electrons. The maximum absolute atomic E-state index is 9.79. The number of carboxylic acids is 2. The van der Waals surface area contributed by atoms with Crippen molar-refractivity contribution in [2.45, 2.75) is 19.3 Å². The Hall–Kier alpha value is 0.420. The van der Waals surface area contributed by atoms with Gasteiger partial charge in [0, 0.05) is 12.8 Å². The van der Waals surface area contributed by atoms with Crippen LogP contribution in [0.25, 0.3) is 0 Å². The Morgan fingerprint density at radius 3 is 1.45 bits per heavy atom. The van der Waals surface area contributed by atoms with Crippen molar-refractivity contribution in [1.82, 2.24) is 0 Å². The van der Waals surface area contributed by atoms with Crippen LogP contribution in [0.1, 0.15) is 19.3 Å².